The highest BCUT2D eigenvalue weighted by Gasteiger charge is 2.30. The predicted molar refractivity (Wildman–Crippen MR) is 59.5 cm³/mol. The van der Waals surface area contributed by atoms with Gasteiger partial charge in [0.25, 0.3) is 5.56 Å². The van der Waals surface area contributed by atoms with Crippen molar-refractivity contribution in [3.8, 4) is 0 Å². The van der Waals surface area contributed by atoms with E-state index in [4.69, 9.17) is 0 Å². The lowest BCUT2D eigenvalue weighted by Gasteiger charge is -2.10. The summed E-state index contributed by atoms with van der Waals surface area (Å²) in [6.07, 6.45) is -4.52. The molecule has 1 N–H and O–H groups in total. The Kier molecular flexibility index (Phi) is 2.76. The molecule has 96 valence electrons. The third-order valence-corrected chi connectivity index (χ3v) is 2.64. The van der Waals surface area contributed by atoms with Crippen molar-refractivity contribution >= 4 is 10.9 Å². The molecule has 0 amide bonds. The number of benzene rings is 1. The van der Waals surface area contributed by atoms with E-state index in [0.717, 1.165) is 18.2 Å². The summed E-state index contributed by atoms with van der Waals surface area (Å²) >= 11 is 0. The summed E-state index contributed by atoms with van der Waals surface area (Å²) in [6.45, 7) is 1.92. The number of rotatable bonds is 1. The molecule has 0 fully saturated rings. The van der Waals surface area contributed by atoms with Crippen LogP contribution in [0.25, 0.3) is 10.9 Å². The number of aromatic amines is 1. The van der Waals surface area contributed by atoms with Gasteiger partial charge in [-0.15, -0.1) is 0 Å². The molecular weight excluding hydrogens is 249 g/mol. The van der Waals surface area contributed by atoms with Gasteiger partial charge in [-0.05, 0) is 25.1 Å². The fourth-order valence-corrected chi connectivity index (χ4v) is 1.78. The molecule has 4 nitrogen and oxygen atoms in total. The van der Waals surface area contributed by atoms with Gasteiger partial charge in [0.15, 0.2) is 0 Å². The summed E-state index contributed by atoms with van der Waals surface area (Å²) in [7, 11) is 0. The van der Waals surface area contributed by atoms with E-state index in [0.29, 0.717) is 0 Å². The number of aryl methyl sites for hydroxylation is 1. The van der Waals surface area contributed by atoms with Gasteiger partial charge in [-0.2, -0.15) is 13.2 Å². The van der Waals surface area contributed by atoms with Gasteiger partial charge in [0.2, 0.25) is 0 Å². The lowest BCUT2D eigenvalue weighted by Crippen LogP contribution is -2.30. The summed E-state index contributed by atoms with van der Waals surface area (Å²) in [5, 5.41) is -0.147. The van der Waals surface area contributed by atoms with Crippen molar-refractivity contribution in [3.63, 3.8) is 0 Å². The number of nitrogens with zero attached hydrogens (tertiary/aromatic N) is 1. The molecule has 18 heavy (non-hydrogen) atoms. The van der Waals surface area contributed by atoms with Crippen molar-refractivity contribution < 1.29 is 13.2 Å². The van der Waals surface area contributed by atoms with E-state index in [2.05, 4.69) is 0 Å². The molecule has 0 unspecified atom stereocenters. The number of fused-ring (bicyclic) bond motifs is 1. The highest BCUT2D eigenvalue weighted by molar-refractivity contribution is 5.78. The molecule has 0 aliphatic heterocycles. The van der Waals surface area contributed by atoms with E-state index in [1.165, 1.54) is 4.57 Å². The van der Waals surface area contributed by atoms with Crippen LogP contribution in [0.3, 0.4) is 0 Å². The second-order valence-electron chi connectivity index (χ2n) is 3.73. The number of hydrogen-bond donors (Lipinski definition) is 1. The number of alkyl halides is 3. The van der Waals surface area contributed by atoms with Gasteiger partial charge in [-0.25, -0.2) is 4.79 Å². The van der Waals surface area contributed by atoms with E-state index in [1.54, 1.807) is 6.92 Å². The Morgan fingerprint density at radius 2 is 1.94 bits per heavy atom. The Bertz CT molecular complexity index is 713. The average Bonchev–Trinajstić information content (AvgIpc) is 2.27. The maximum atomic E-state index is 12.5. The van der Waals surface area contributed by atoms with Crippen LogP contribution in [0.5, 0.6) is 0 Å². The van der Waals surface area contributed by atoms with E-state index in [-0.39, 0.29) is 17.4 Å². The Labute approximate surface area is 98.7 Å². The topological polar surface area (TPSA) is 54.9 Å². The Morgan fingerprint density at radius 3 is 2.50 bits per heavy atom. The molecular formula is C11H9F3N2O2. The normalized spacial score (nSPS) is 12.0. The molecule has 0 saturated carbocycles. The van der Waals surface area contributed by atoms with Crippen LogP contribution in [-0.4, -0.2) is 9.55 Å². The largest absolute Gasteiger partial charge is 0.416 e. The van der Waals surface area contributed by atoms with Gasteiger partial charge in [-0.1, -0.05) is 0 Å². The molecule has 0 bridgehead atoms. The fourth-order valence-electron chi connectivity index (χ4n) is 1.78. The first kappa shape index (κ1) is 12.4. The third-order valence-electron chi connectivity index (χ3n) is 2.64. The minimum Gasteiger partial charge on any atom is -0.294 e. The lowest BCUT2D eigenvalue weighted by molar-refractivity contribution is -0.137. The monoisotopic (exact) mass is 258 g/mol. The van der Waals surface area contributed by atoms with Crippen LogP contribution in [0.2, 0.25) is 0 Å². The maximum absolute atomic E-state index is 12.5. The molecule has 2 rings (SSSR count). The second kappa shape index (κ2) is 4.01. The molecule has 0 radical (unpaired) electrons. The molecule has 0 atom stereocenters. The molecule has 0 saturated heterocycles. The van der Waals surface area contributed by atoms with Crippen molar-refractivity contribution in [3.05, 3.63) is 44.6 Å². The molecule has 1 aromatic heterocycles. The van der Waals surface area contributed by atoms with E-state index in [9.17, 15) is 22.8 Å². The van der Waals surface area contributed by atoms with Gasteiger partial charge in [0.05, 0.1) is 16.5 Å². The van der Waals surface area contributed by atoms with Gasteiger partial charge < -0.3 is 0 Å². The minimum absolute atomic E-state index is 0.147. The van der Waals surface area contributed by atoms with Crippen LogP contribution in [0.1, 0.15) is 12.5 Å². The predicted octanol–water partition coefficient (Wildman–Crippen LogP) is 1.73. The Hall–Kier alpha value is -2.05. The number of aromatic nitrogens is 2. The number of hydrogen-bond acceptors (Lipinski definition) is 2. The molecule has 2 aromatic rings. The first-order valence-corrected chi connectivity index (χ1v) is 5.18. The highest BCUT2D eigenvalue weighted by atomic mass is 19.4. The van der Waals surface area contributed by atoms with E-state index in [1.807, 2.05) is 4.98 Å². The quantitative estimate of drug-likeness (QED) is 0.846. The summed E-state index contributed by atoms with van der Waals surface area (Å²) < 4.78 is 38.8. The van der Waals surface area contributed by atoms with Crippen LogP contribution in [0.15, 0.2) is 27.8 Å². The van der Waals surface area contributed by atoms with Crippen molar-refractivity contribution in [2.75, 3.05) is 0 Å². The average molecular weight is 258 g/mol. The first-order chi connectivity index (χ1) is 8.34. The summed E-state index contributed by atoms with van der Waals surface area (Å²) in [5.41, 5.74) is -2.17. The Balaban J connectivity index is 2.88. The first-order valence-electron chi connectivity index (χ1n) is 5.18. The standard InChI is InChI=1S/C11H9F3N2O2/c1-2-16-8-4-3-6(11(12,13)14)5-7(8)9(17)15-10(16)18/h3-5H,2H2,1H3,(H,15,17,18). The molecule has 7 heteroatoms. The number of nitrogens with one attached hydrogen (secondary N) is 1. The van der Waals surface area contributed by atoms with Crippen LogP contribution in [-0.2, 0) is 12.7 Å². The van der Waals surface area contributed by atoms with Crippen molar-refractivity contribution in [1.82, 2.24) is 9.55 Å². The number of halogens is 3. The Morgan fingerprint density at radius 1 is 1.28 bits per heavy atom. The van der Waals surface area contributed by atoms with Crippen LogP contribution >= 0.6 is 0 Å². The minimum atomic E-state index is -4.52. The molecule has 1 aromatic carbocycles. The third kappa shape index (κ3) is 1.92. The number of H-pyrrole nitrogens is 1. The maximum Gasteiger partial charge on any atom is 0.416 e. The summed E-state index contributed by atoms with van der Waals surface area (Å²) in [6, 6.07) is 2.74. The molecule has 0 aliphatic carbocycles. The van der Waals surface area contributed by atoms with Crippen molar-refractivity contribution in [1.29, 1.82) is 0 Å². The second-order valence-corrected chi connectivity index (χ2v) is 3.73. The van der Waals surface area contributed by atoms with E-state index < -0.39 is 23.0 Å². The smallest absolute Gasteiger partial charge is 0.294 e. The van der Waals surface area contributed by atoms with Crippen LogP contribution in [0, 0.1) is 0 Å². The van der Waals surface area contributed by atoms with Gasteiger partial charge >= 0.3 is 11.9 Å². The fraction of sp³-hybridized carbons (Fsp3) is 0.273. The zero-order chi connectivity index (χ0) is 13.5. The van der Waals surface area contributed by atoms with Gasteiger partial charge in [-0.3, -0.25) is 14.3 Å². The SMILES string of the molecule is CCn1c(=O)[nH]c(=O)c2cc(C(F)(F)F)ccc21. The highest BCUT2D eigenvalue weighted by Crippen LogP contribution is 2.30. The van der Waals surface area contributed by atoms with Crippen LogP contribution in [0.4, 0.5) is 13.2 Å². The van der Waals surface area contributed by atoms with Gasteiger partial charge in [0, 0.05) is 6.54 Å². The molecule has 1 heterocycles. The van der Waals surface area contributed by atoms with Crippen molar-refractivity contribution in [2.45, 2.75) is 19.6 Å². The zero-order valence-corrected chi connectivity index (χ0v) is 9.34. The van der Waals surface area contributed by atoms with Crippen LogP contribution < -0.4 is 11.2 Å². The molecule has 0 aliphatic rings. The van der Waals surface area contributed by atoms with Gasteiger partial charge in [0.1, 0.15) is 0 Å². The summed E-state index contributed by atoms with van der Waals surface area (Å²) in [5.74, 6) is 0. The molecule has 0 spiro atoms. The summed E-state index contributed by atoms with van der Waals surface area (Å²) in [4.78, 5) is 25.0. The zero-order valence-electron chi connectivity index (χ0n) is 9.34. The lowest BCUT2D eigenvalue weighted by atomic mass is 10.1. The van der Waals surface area contributed by atoms with Crippen molar-refractivity contribution in [2.24, 2.45) is 0 Å². The van der Waals surface area contributed by atoms with E-state index >= 15 is 0 Å².